The van der Waals surface area contributed by atoms with Gasteiger partial charge in [0.05, 0.1) is 0 Å². The first-order valence-electron chi connectivity index (χ1n) is 6.40. The van der Waals surface area contributed by atoms with Crippen molar-refractivity contribution in [3.63, 3.8) is 0 Å². The molecule has 0 aliphatic carbocycles. The van der Waals surface area contributed by atoms with Crippen LogP contribution in [0, 0.1) is 5.92 Å². The lowest BCUT2D eigenvalue weighted by Gasteiger charge is -2.21. The van der Waals surface area contributed by atoms with Crippen molar-refractivity contribution in [1.82, 2.24) is 5.32 Å². The molecule has 1 aliphatic rings. The molecule has 1 aliphatic heterocycles. The number of hydrogen-bond donors (Lipinski definition) is 2. The second kappa shape index (κ2) is 5.82. The van der Waals surface area contributed by atoms with Gasteiger partial charge in [-0.25, -0.2) is 0 Å². The number of anilines is 1. The molecule has 3 heteroatoms. The smallest absolute Gasteiger partial charge is 0.227 e. The SMILES string of the molecule is CCc1ccc(NC(=O)C2CCNCC2)cc1. The lowest BCUT2D eigenvalue weighted by Crippen LogP contribution is -2.34. The predicted octanol–water partition coefficient (Wildman–Crippen LogP) is 2.19. The molecule has 1 aromatic carbocycles. The molecule has 1 heterocycles. The van der Waals surface area contributed by atoms with Crippen LogP contribution in [-0.4, -0.2) is 19.0 Å². The zero-order valence-corrected chi connectivity index (χ0v) is 10.3. The lowest BCUT2D eigenvalue weighted by molar-refractivity contribution is -0.120. The highest BCUT2D eigenvalue weighted by Gasteiger charge is 2.20. The molecule has 0 saturated carbocycles. The van der Waals surface area contributed by atoms with Gasteiger partial charge >= 0.3 is 0 Å². The maximum absolute atomic E-state index is 12.0. The fraction of sp³-hybridized carbons (Fsp3) is 0.500. The van der Waals surface area contributed by atoms with Crippen LogP contribution in [0.3, 0.4) is 0 Å². The Balaban J connectivity index is 1.92. The largest absolute Gasteiger partial charge is 0.326 e. The summed E-state index contributed by atoms with van der Waals surface area (Å²) in [7, 11) is 0. The molecule has 0 aromatic heterocycles. The Labute approximate surface area is 103 Å². The summed E-state index contributed by atoms with van der Waals surface area (Å²) in [6, 6.07) is 8.10. The Hall–Kier alpha value is -1.35. The molecule has 0 unspecified atom stereocenters. The molecular formula is C14H20N2O. The third-order valence-corrected chi connectivity index (χ3v) is 3.34. The molecule has 1 aromatic rings. The third-order valence-electron chi connectivity index (χ3n) is 3.34. The fourth-order valence-electron chi connectivity index (χ4n) is 2.15. The van der Waals surface area contributed by atoms with Crippen LogP contribution >= 0.6 is 0 Å². The molecule has 0 radical (unpaired) electrons. The van der Waals surface area contributed by atoms with E-state index in [0.29, 0.717) is 0 Å². The Bertz CT molecular complexity index is 366. The first-order chi connectivity index (χ1) is 8.29. The Kier molecular flexibility index (Phi) is 4.15. The summed E-state index contributed by atoms with van der Waals surface area (Å²) in [6.07, 6.45) is 2.92. The number of nitrogens with one attached hydrogen (secondary N) is 2. The maximum Gasteiger partial charge on any atom is 0.227 e. The van der Waals surface area contributed by atoms with Gasteiger partial charge in [-0.15, -0.1) is 0 Å². The number of benzene rings is 1. The van der Waals surface area contributed by atoms with Crippen LogP contribution in [0.25, 0.3) is 0 Å². The molecule has 0 bridgehead atoms. The fourth-order valence-corrected chi connectivity index (χ4v) is 2.15. The van der Waals surface area contributed by atoms with E-state index in [-0.39, 0.29) is 11.8 Å². The van der Waals surface area contributed by atoms with Crippen molar-refractivity contribution in [3.8, 4) is 0 Å². The lowest BCUT2D eigenvalue weighted by atomic mass is 9.97. The second-order valence-electron chi connectivity index (χ2n) is 4.56. The summed E-state index contributed by atoms with van der Waals surface area (Å²) in [5.41, 5.74) is 2.20. The van der Waals surface area contributed by atoms with Crippen LogP contribution in [-0.2, 0) is 11.2 Å². The van der Waals surface area contributed by atoms with Crippen molar-refractivity contribution in [1.29, 1.82) is 0 Å². The number of carbonyl (C=O) groups excluding carboxylic acids is 1. The summed E-state index contributed by atoms with van der Waals surface area (Å²) in [5.74, 6) is 0.331. The van der Waals surface area contributed by atoms with E-state index in [0.717, 1.165) is 38.0 Å². The van der Waals surface area contributed by atoms with Gasteiger partial charge < -0.3 is 10.6 Å². The molecule has 1 saturated heterocycles. The van der Waals surface area contributed by atoms with E-state index in [1.807, 2.05) is 12.1 Å². The van der Waals surface area contributed by atoms with Gasteiger partial charge in [-0.1, -0.05) is 19.1 Å². The van der Waals surface area contributed by atoms with Crippen LogP contribution in [0.4, 0.5) is 5.69 Å². The monoisotopic (exact) mass is 232 g/mol. The molecule has 1 amide bonds. The highest BCUT2D eigenvalue weighted by molar-refractivity contribution is 5.92. The summed E-state index contributed by atoms with van der Waals surface area (Å²) in [5, 5.41) is 6.26. The van der Waals surface area contributed by atoms with Gasteiger partial charge in [0.2, 0.25) is 5.91 Å². The minimum Gasteiger partial charge on any atom is -0.326 e. The molecule has 17 heavy (non-hydrogen) atoms. The molecule has 2 N–H and O–H groups in total. The van der Waals surface area contributed by atoms with Crippen LogP contribution in [0.5, 0.6) is 0 Å². The van der Waals surface area contributed by atoms with Crippen molar-refractivity contribution < 1.29 is 4.79 Å². The van der Waals surface area contributed by atoms with Gasteiger partial charge in [-0.2, -0.15) is 0 Å². The Morgan fingerprint density at radius 3 is 2.53 bits per heavy atom. The normalized spacial score (nSPS) is 16.8. The summed E-state index contributed by atoms with van der Waals surface area (Å²) in [4.78, 5) is 12.0. The van der Waals surface area contributed by atoms with E-state index in [2.05, 4.69) is 29.7 Å². The third kappa shape index (κ3) is 3.30. The van der Waals surface area contributed by atoms with E-state index >= 15 is 0 Å². The van der Waals surface area contributed by atoms with E-state index in [1.165, 1.54) is 5.56 Å². The van der Waals surface area contributed by atoms with Crippen LogP contribution < -0.4 is 10.6 Å². The zero-order valence-electron chi connectivity index (χ0n) is 10.3. The van der Waals surface area contributed by atoms with Crippen LogP contribution in [0.1, 0.15) is 25.3 Å². The summed E-state index contributed by atoms with van der Waals surface area (Å²) < 4.78 is 0. The molecule has 2 rings (SSSR count). The average Bonchev–Trinajstić information content (AvgIpc) is 2.40. The van der Waals surface area contributed by atoms with Crippen molar-refractivity contribution in [2.45, 2.75) is 26.2 Å². The first-order valence-corrected chi connectivity index (χ1v) is 6.40. The number of piperidine rings is 1. The Morgan fingerprint density at radius 2 is 1.94 bits per heavy atom. The summed E-state index contributed by atoms with van der Waals surface area (Å²) in [6.45, 7) is 4.03. The number of amides is 1. The van der Waals surface area contributed by atoms with Gasteiger partial charge in [0.1, 0.15) is 0 Å². The number of hydrogen-bond acceptors (Lipinski definition) is 2. The zero-order chi connectivity index (χ0) is 12.1. The van der Waals surface area contributed by atoms with Gasteiger partial charge in [0.25, 0.3) is 0 Å². The average molecular weight is 232 g/mol. The highest BCUT2D eigenvalue weighted by Crippen LogP contribution is 2.16. The highest BCUT2D eigenvalue weighted by atomic mass is 16.1. The quantitative estimate of drug-likeness (QED) is 0.838. The molecule has 1 fully saturated rings. The van der Waals surface area contributed by atoms with Gasteiger partial charge in [-0.3, -0.25) is 4.79 Å². The van der Waals surface area contributed by atoms with Gasteiger partial charge in [0, 0.05) is 11.6 Å². The number of carbonyl (C=O) groups is 1. The standard InChI is InChI=1S/C14H20N2O/c1-2-11-3-5-13(6-4-11)16-14(17)12-7-9-15-10-8-12/h3-6,12,15H,2,7-10H2,1H3,(H,16,17). The molecule has 3 nitrogen and oxygen atoms in total. The van der Waals surface area contributed by atoms with Gasteiger partial charge in [0.15, 0.2) is 0 Å². The van der Waals surface area contributed by atoms with Crippen molar-refractivity contribution >= 4 is 11.6 Å². The first kappa shape index (κ1) is 12.1. The van der Waals surface area contributed by atoms with Crippen molar-refractivity contribution in [2.75, 3.05) is 18.4 Å². The maximum atomic E-state index is 12.0. The Morgan fingerprint density at radius 1 is 1.29 bits per heavy atom. The second-order valence-corrected chi connectivity index (χ2v) is 4.56. The molecular weight excluding hydrogens is 212 g/mol. The van der Waals surface area contributed by atoms with Crippen molar-refractivity contribution in [3.05, 3.63) is 29.8 Å². The predicted molar refractivity (Wildman–Crippen MR) is 70.0 cm³/mol. The van der Waals surface area contributed by atoms with E-state index < -0.39 is 0 Å². The van der Waals surface area contributed by atoms with E-state index in [9.17, 15) is 4.79 Å². The van der Waals surface area contributed by atoms with E-state index in [1.54, 1.807) is 0 Å². The van der Waals surface area contributed by atoms with Crippen molar-refractivity contribution in [2.24, 2.45) is 5.92 Å². The molecule has 92 valence electrons. The molecule has 0 spiro atoms. The topological polar surface area (TPSA) is 41.1 Å². The van der Waals surface area contributed by atoms with E-state index in [4.69, 9.17) is 0 Å². The minimum absolute atomic E-state index is 0.163. The number of aryl methyl sites for hydroxylation is 1. The summed E-state index contributed by atoms with van der Waals surface area (Å²) >= 11 is 0. The van der Waals surface area contributed by atoms with Crippen LogP contribution in [0.15, 0.2) is 24.3 Å². The molecule has 0 atom stereocenters. The minimum atomic E-state index is 0.163. The number of rotatable bonds is 3. The van der Waals surface area contributed by atoms with Crippen LogP contribution in [0.2, 0.25) is 0 Å². The van der Waals surface area contributed by atoms with Gasteiger partial charge in [-0.05, 0) is 50.0 Å².